The number of hydrogen-bond donors (Lipinski definition) is 0. The molecule has 12 heavy (non-hydrogen) atoms. The quantitative estimate of drug-likeness (QED) is 0.507. The second-order valence-corrected chi connectivity index (χ2v) is 3.88. The smallest absolute Gasteiger partial charge is 0.0315 e. The summed E-state index contributed by atoms with van der Waals surface area (Å²) in [7, 11) is 0. The lowest BCUT2D eigenvalue weighted by atomic mass is 9.79. The van der Waals surface area contributed by atoms with E-state index in [0.29, 0.717) is 5.41 Å². The van der Waals surface area contributed by atoms with Crippen LogP contribution in [0.5, 0.6) is 0 Å². The van der Waals surface area contributed by atoms with Crippen molar-refractivity contribution in [3.05, 3.63) is 47.5 Å². The van der Waals surface area contributed by atoms with Gasteiger partial charge in [-0.3, -0.25) is 0 Å². The zero-order valence-corrected chi connectivity index (χ0v) is 7.09. The molecule has 0 nitrogen and oxygen atoms in total. The van der Waals surface area contributed by atoms with Crippen LogP contribution in [-0.2, 0) is 11.8 Å². The zero-order chi connectivity index (χ0) is 8.02. The topological polar surface area (TPSA) is 0 Å². The van der Waals surface area contributed by atoms with Crippen molar-refractivity contribution in [1.29, 1.82) is 0 Å². The van der Waals surface area contributed by atoms with Crippen LogP contribution in [0.25, 0.3) is 0 Å². The van der Waals surface area contributed by atoms with Crippen molar-refractivity contribution >= 4 is 0 Å². The van der Waals surface area contributed by atoms with Crippen LogP contribution in [0.4, 0.5) is 0 Å². The molecule has 0 amide bonds. The van der Waals surface area contributed by atoms with E-state index in [-0.39, 0.29) is 0 Å². The van der Waals surface area contributed by atoms with Crippen molar-refractivity contribution in [2.24, 2.45) is 0 Å². The average molecular weight is 156 g/mol. The molecule has 0 aromatic heterocycles. The number of rotatable bonds is 0. The molecule has 0 atom stereocenters. The number of aryl methyl sites for hydroxylation is 1. The lowest BCUT2D eigenvalue weighted by Crippen LogP contribution is -2.16. The number of allylic oxidation sites excluding steroid dienone is 2. The van der Waals surface area contributed by atoms with Crippen LogP contribution in [-0.4, -0.2) is 0 Å². The largest absolute Gasteiger partial charge is 0.0730 e. The van der Waals surface area contributed by atoms with Gasteiger partial charge in [0.1, 0.15) is 0 Å². The maximum Gasteiger partial charge on any atom is 0.0315 e. The Morgan fingerprint density at radius 1 is 1.08 bits per heavy atom. The molecule has 0 aliphatic heterocycles. The van der Waals surface area contributed by atoms with Gasteiger partial charge in [0.2, 0.25) is 0 Å². The van der Waals surface area contributed by atoms with E-state index in [1.54, 1.807) is 11.1 Å². The van der Waals surface area contributed by atoms with Crippen LogP contribution >= 0.6 is 0 Å². The third kappa shape index (κ3) is 0.726. The predicted molar refractivity (Wildman–Crippen MR) is 50.2 cm³/mol. The van der Waals surface area contributed by atoms with Gasteiger partial charge >= 0.3 is 0 Å². The first kappa shape index (κ1) is 6.47. The van der Waals surface area contributed by atoms with Gasteiger partial charge in [-0.15, -0.1) is 0 Å². The van der Waals surface area contributed by atoms with E-state index >= 15 is 0 Å². The Balaban J connectivity index is 2.16. The minimum absolute atomic E-state index is 0.412. The highest BCUT2D eigenvalue weighted by molar-refractivity contribution is 5.52. The Morgan fingerprint density at radius 3 is 2.75 bits per heavy atom. The first-order valence-corrected chi connectivity index (χ1v) is 4.70. The molecule has 0 unspecified atom stereocenters. The SMILES string of the molecule is C1=CC12CCCc1ccccc12. The summed E-state index contributed by atoms with van der Waals surface area (Å²) in [6.07, 6.45) is 8.67. The van der Waals surface area contributed by atoms with Gasteiger partial charge in [-0.25, -0.2) is 0 Å². The normalized spacial score (nSPS) is 22.3. The standard InChI is InChI=1S/C12H12/c1-2-6-11-10(4-1)5-3-7-12(11)8-9-12/h1-2,4,6,8-9H,3,5,7H2. The number of hydrogen-bond acceptors (Lipinski definition) is 0. The second-order valence-electron chi connectivity index (χ2n) is 3.88. The molecule has 0 N–H and O–H groups in total. The van der Waals surface area contributed by atoms with E-state index in [1.807, 2.05) is 0 Å². The molecule has 0 heterocycles. The monoisotopic (exact) mass is 156 g/mol. The molecule has 0 heteroatoms. The summed E-state index contributed by atoms with van der Waals surface area (Å²) in [5.74, 6) is 0. The van der Waals surface area contributed by atoms with Crippen molar-refractivity contribution in [2.75, 3.05) is 0 Å². The molecular weight excluding hydrogens is 144 g/mol. The third-order valence-electron chi connectivity index (χ3n) is 3.12. The maximum atomic E-state index is 2.35. The van der Waals surface area contributed by atoms with Gasteiger partial charge in [0, 0.05) is 5.41 Å². The fraction of sp³-hybridized carbons (Fsp3) is 0.333. The third-order valence-corrected chi connectivity index (χ3v) is 3.12. The van der Waals surface area contributed by atoms with E-state index in [9.17, 15) is 0 Å². The molecule has 0 saturated heterocycles. The van der Waals surface area contributed by atoms with Gasteiger partial charge < -0.3 is 0 Å². The molecule has 60 valence electrons. The van der Waals surface area contributed by atoms with Crippen molar-refractivity contribution in [1.82, 2.24) is 0 Å². The van der Waals surface area contributed by atoms with Crippen molar-refractivity contribution in [2.45, 2.75) is 24.7 Å². The Labute approximate surface area is 72.9 Å². The van der Waals surface area contributed by atoms with E-state index in [4.69, 9.17) is 0 Å². The van der Waals surface area contributed by atoms with Gasteiger partial charge in [0.05, 0.1) is 0 Å². The highest BCUT2D eigenvalue weighted by Crippen LogP contribution is 2.47. The molecule has 3 rings (SSSR count). The number of fused-ring (bicyclic) bond motifs is 2. The van der Waals surface area contributed by atoms with Crippen LogP contribution in [0.2, 0.25) is 0 Å². The van der Waals surface area contributed by atoms with Crippen LogP contribution in [0.1, 0.15) is 24.0 Å². The van der Waals surface area contributed by atoms with Gasteiger partial charge in [-0.1, -0.05) is 36.4 Å². The molecule has 2 aliphatic carbocycles. The van der Waals surface area contributed by atoms with Crippen LogP contribution in [0, 0.1) is 0 Å². The van der Waals surface area contributed by atoms with Crippen LogP contribution in [0.15, 0.2) is 36.4 Å². The summed E-state index contributed by atoms with van der Waals surface area (Å²) >= 11 is 0. The summed E-state index contributed by atoms with van der Waals surface area (Å²) in [5, 5.41) is 0. The summed E-state index contributed by atoms with van der Waals surface area (Å²) in [6, 6.07) is 8.87. The molecule has 0 bridgehead atoms. The maximum absolute atomic E-state index is 2.35. The lowest BCUT2D eigenvalue weighted by molar-refractivity contribution is 0.581. The lowest BCUT2D eigenvalue weighted by Gasteiger charge is -2.25. The van der Waals surface area contributed by atoms with Crippen molar-refractivity contribution in [3.63, 3.8) is 0 Å². The predicted octanol–water partition coefficient (Wildman–Crippen LogP) is 2.83. The molecule has 1 spiro atoms. The highest BCUT2D eigenvalue weighted by Gasteiger charge is 2.38. The van der Waals surface area contributed by atoms with Crippen LogP contribution in [0.3, 0.4) is 0 Å². The Bertz CT molecular complexity index is 341. The Morgan fingerprint density at radius 2 is 1.92 bits per heavy atom. The van der Waals surface area contributed by atoms with Gasteiger partial charge in [0.25, 0.3) is 0 Å². The minimum Gasteiger partial charge on any atom is -0.0730 e. The van der Waals surface area contributed by atoms with Gasteiger partial charge in [-0.2, -0.15) is 0 Å². The molecular formula is C12H12. The molecule has 0 radical (unpaired) electrons. The van der Waals surface area contributed by atoms with E-state index in [0.717, 1.165) is 0 Å². The Kier molecular flexibility index (Phi) is 1.08. The van der Waals surface area contributed by atoms with Gasteiger partial charge in [0.15, 0.2) is 0 Å². The summed E-state index contributed by atoms with van der Waals surface area (Å²) in [4.78, 5) is 0. The first-order valence-electron chi connectivity index (χ1n) is 4.70. The van der Waals surface area contributed by atoms with E-state index < -0.39 is 0 Å². The Hall–Kier alpha value is -1.04. The molecule has 0 fully saturated rings. The fourth-order valence-corrected chi connectivity index (χ4v) is 2.35. The van der Waals surface area contributed by atoms with Crippen molar-refractivity contribution in [3.8, 4) is 0 Å². The molecule has 1 aromatic rings. The first-order chi connectivity index (χ1) is 5.91. The molecule has 2 aliphatic rings. The number of benzene rings is 1. The van der Waals surface area contributed by atoms with Crippen molar-refractivity contribution < 1.29 is 0 Å². The molecule has 0 saturated carbocycles. The van der Waals surface area contributed by atoms with E-state index in [2.05, 4.69) is 36.4 Å². The van der Waals surface area contributed by atoms with E-state index in [1.165, 1.54) is 19.3 Å². The zero-order valence-electron chi connectivity index (χ0n) is 7.09. The molecule has 1 aromatic carbocycles. The average Bonchev–Trinajstić information content (AvgIpc) is 2.87. The second kappa shape index (κ2) is 2.01. The minimum atomic E-state index is 0.412. The summed E-state index contributed by atoms with van der Waals surface area (Å²) < 4.78 is 0. The summed E-state index contributed by atoms with van der Waals surface area (Å²) in [5.41, 5.74) is 3.54. The fourth-order valence-electron chi connectivity index (χ4n) is 2.35. The highest BCUT2D eigenvalue weighted by atomic mass is 14.4. The van der Waals surface area contributed by atoms with Gasteiger partial charge in [-0.05, 0) is 30.4 Å². The van der Waals surface area contributed by atoms with Crippen LogP contribution < -0.4 is 0 Å². The summed E-state index contributed by atoms with van der Waals surface area (Å²) in [6.45, 7) is 0.